The van der Waals surface area contributed by atoms with Crippen LogP contribution in [0.25, 0.3) is 0 Å². The maximum absolute atomic E-state index is 11.3. The van der Waals surface area contributed by atoms with E-state index in [-0.39, 0.29) is 5.78 Å². The summed E-state index contributed by atoms with van der Waals surface area (Å²) in [4.78, 5) is 11.3. The Hall–Kier alpha value is -0.450. The highest BCUT2D eigenvalue weighted by Gasteiger charge is 2.21. The van der Waals surface area contributed by atoms with Gasteiger partial charge in [-0.05, 0) is 13.0 Å². The molecule has 4 nitrogen and oxygen atoms in total. The highest BCUT2D eigenvalue weighted by atomic mass is 16.3. The SMILES string of the molecule is C[N+](C)(C)CC(O)C(=O)CCCN. The van der Waals surface area contributed by atoms with Gasteiger partial charge >= 0.3 is 0 Å². The largest absolute Gasteiger partial charge is 0.380 e. The second-order valence-electron chi connectivity index (χ2n) is 4.35. The molecule has 1 unspecified atom stereocenters. The van der Waals surface area contributed by atoms with E-state index >= 15 is 0 Å². The molecule has 0 fully saturated rings. The number of rotatable bonds is 6. The summed E-state index contributed by atoms with van der Waals surface area (Å²) in [6, 6.07) is 0. The van der Waals surface area contributed by atoms with Crippen LogP contribution < -0.4 is 5.73 Å². The summed E-state index contributed by atoms with van der Waals surface area (Å²) in [5.74, 6) is -0.0986. The van der Waals surface area contributed by atoms with Gasteiger partial charge in [0.2, 0.25) is 0 Å². The number of hydrogen-bond donors (Lipinski definition) is 2. The third kappa shape index (κ3) is 6.69. The molecule has 3 N–H and O–H groups in total. The van der Waals surface area contributed by atoms with Gasteiger partial charge in [0.25, 0.3) is 0 Å². The predicted octanol–water partition coefficient (Wildman–Crippen LogP) is -0.638. The van der Waals surface area contributed by atoms with E-state index in [1.165, 1.54) is 0 Å². The Bertz CT molecular complexity index is 163. The van der Waals surface area contributed by atoms with Crippen LogP contribution in [0.1, 0.15) is 12.8 Å². The number of hydrogen-bond acceptors (Lipinski definition) is 3. The Balaban J connectivity index is 3.83. The molecule has 0 bridgehead atoms. The van der Waals surface area contributed by atoms with Crippen LogP contribution in [-0.2, 0) is 4.79 Å². The molecule has 0 aliphatic heterocycles. The highest BCUT2D eigenvalue weighted by Crippen LogP contribution is 2.00. The zero-order valence-corrected chi connectivity index (χ0v) is 8.79. The standard InChI is InChI=1S/C9H21N2O2/c1-11(2,3)7-9(13)8(12)5-4-6-10/h9,13H,4-7,10H2,1-3H3/q+1. The van der Waals surface area contributed by atoms with E-state index in [9.17, 15) is 9.90 Å². The molecule has 4 heteroatoms. The van der Waals surface area contributed by atoms with Crippen molar-refractivity contribution in [1.29, 1.82) is 0 Å². The van der Waals surface area contributed by atoms with Gasteiger partial charge in [-0.2, -0.15) is 0 Å². The van der Waals surface area contributed by atoms with Crippen LogP contribution in [0, 0.1) is 0 Å². The Morgan fingerprint density at radius 1 is 1.46 bits per heavy atom. The fourth-order valence-corrected chi connectivity index (χ4v) is 1.06. The van der Waals surface area contributed by atoms with Crippen LogP contribution in [0.4, 0.5) is 0 Å². The number of carbonyl (C=O) groups excluding carboxylic acids is 1. The molecular formula is C9H21N2O2+. The van der Waals surface area contributed by atoms with Crippen LogP contribution in [0.2, 0.25) is 0 Å². The molecule has 0 heterocycles. The van der Waals surface area contributed by atoms with E-state index in [0.29, 0.717) is 30.4 Å². The Morgan fingerprint density at radius 3 is 2.38 bits per heavy atom. The van der Waals surface area contributed by atoms with Crippen LogP contribution in [0.3, 0.4) is 0 Å². The Morgan fingerprint density at radius 2 is 2.00 bits per heavy atom. The van der Waals surface area contributed by atoms with Crippen LogP contribution in [0.5, 0.6) is 0 Å². The normalized spacial score (nSPS) is 14.2. The summed E-state index contributed by atoms with van der Waals surface area (Å²) >= 11 is 0. The van der Waals surface area contributed by atoms with Gasteiger partial charge < -0.3 is 15.3 Å². The molecule has 0 saturated carbocycles. The number of carbonyl (C=O) groups is 1. The minimum Gasteiger partial charge on any atom is -0.380 e. The number of aliphatic hydroxyl groups is 1. The van der Waals surface area contributed by atoms with Gasteiger partial charge in [0.05, 0.1) is 21.1 Å². The van der Waals surface area contributed by atoms with Gasteiger partial charge in [0.15, 0.2) is 11.9 Å². The van der Waals surface area contributed by atoms with Crippen LogP contribution in [-0.4, -0.2) is 55.7 Å². The maximum Gasteiger partial charge on any atom is 0.167 e. The number of aliphatic hydroxyl groups excluding tert-OH is 1. The fourth-order valence-electron chi connectivity index (χ4n) is 1.06. The van der Waals surface area contributed by atoms with Crippen molar-refractivity contribution in [2.24, 2.45) is 5.73 Å². The lowest BCUT2D eigenvalue weighted by Gasteiger charge is -2.26. The van der Waals surface area contributed by atoms with Gasteiger partial charge in [-0.3, -0.25) is 4.79 Å². The van der Waals surface area contributed by atoms with Crippen molar-refractivity contribution in [2.75, 3.05) is 34.2 Å². The quantitative estimate of drug-likeness (QED) is 0.546. The Labute approximate surface area is 79.9 Å². The molecule has 0 aromatic heterocycles. The smallest absolute Gasteiger partial charge is 0.167 e. The first-order valence-corrected chi connectivity index (χ1v) is 4.58. The fraction of sp³-hybridized carbons (Fsp3) is 0.889. The summed E-state index contributed by atoms with van der Waals surface area (Å²) in [6.45, 7) is 0.965. The third-order valence-electron chi connectivity index (χ3n) is 1.72. The summed E-state index contributed by atoms with van der Waals surface area (Å²) in [7, 11) is 5.83. The summed E-state index contributed by atoms with van der Waals surface area (Å²) < 4.78 is 0.593. The third-order valence-corrected chi connectivity index (χ3v) is 1.72. The van der Waals surface area contributed by atoms with E-state index < -0.39 is 6.10 Å². The molecule has 78 valence electrons. The van der Waals surface area contributed by atoms with E-state index in [1.807, 2.05) is 21.1 Å². The lowest BCUT2D eigenvalue weighted by Crippen LogP contribution is -2.44. The molecule has 0 aromatic rings. The lowest BCUT2D eigenvalue weighted by molar-refractivity contribution is -0.872. The van der Waals surface area contributed by atoms with Crippen molar-refractivity contribution in [2.45, 2.75) is 18.9 Å². The van der Waals surface area contributed by atoms with Crippen LogP contribution >= 0.6 is 0 Å². The average Bonchev–Trinajstić information content (AvgIpc) is 1.96. The van der Waals surface area contributed by atoms with Crippen molar-refractivity contribution >= 4 is 5.78 Å². The number of likely N-dealkylation sites (N-methyl/N-ethyl adjacent to an activating group) is 1. The zero-order chi connectivity index (χ0) is 10.5. The van der Waals surface area contributed by atoms with Gasteiger partial charge in [-0.25, -0.2) is 0 Å². The van der Waals surface area contributed by atoms with Crippen molar-refractivity contribution in [3.8, 4) is 0 Å². The zero-order valence-electron chi connectivity index (χ0n) is 8.79. The van der Waals surface area contributed by atoms with E-state index in [2.05, 4.69) is 0 Å². The first-order valence-electron chi connectivity index (χ1n) is 4.58. The molecule has 0 amide bonds. The number of quaternary nitrogens is 1. The molecular weight excluding hydrogens is 168 g/mol. The van der Waals surface area contributed by atoms with Crippen molar-refractivity contribution in [3.63, 3.8) is 0 Å². The van der Waals surface area contributed by atoms with Crippen molar-refractivity contribution in [1.82, 2.24) is 0 Å². The monoisotopic (exact) mass is 189 g/mol. The number of Topliss-reactive ketones (excluding diaryl/α,β-unsaturated/α-hetero) is 1. The van der Waals surface area contributed by atoms with Crippen LogP contribution in [0.15, 0.2) is 0 Å². The second-order valence-corrected chi connectivity index (χ2v) is 4.35. The van der Waals surface area contributed by atoms with Gasteiger partial charge in [-0.1, -0.05) is 0 Å². The molecule has 0 spiro atoms. The average molecular weight is 189 g/mol. The van der Waals surface area contributed by atoms with Gasteiger partial charge in [0, 0.05) is 6.42 Å². The van der Waals surface area contributed by atoms with E-state index in [0.717, 1.165) is 0 Å². The van der Waals surface area contributed by atoms with Gasteiger partial charge in [-0.15, -0.1) is 0 Å². The summed E-state index contributed by atoms with van der Waals surface area (Å²) in [6.07, 6.45) is 0.205. The summed E-state index contributed by atoms with van der Waals surface area (Å²) in [5.41, 5.74) is 5.27. The van der Waals surface area contributed by atoms with Crippen molar-refractivity contribution in [3.05, 3.63) is 0 Å². The molecule has 13 heavy (non-hydrogen) atoms. The highest BCUT2D eigenvalue weighted by molar-refractivity contribution is 5.82. The minimum absolute atomic E-state index is 0.0986. The van der Waals surface area contributed by atoms with E-state index in [4.69, 9.17) is 5.73 Å². The molecule has 0 rings (SSSR count). The molecule has 0 aromatic carbocycles. The topological polar surface area (TPSA) is 63.3 Å². The second kappa shape index (κ2) is 5.32. The predicted molar refractivity (Wildman–Crippen MR) is 52.2 cm³/mol. The molecule has 0 aliphatic rings. The Kier molecular flexibility index (Phi) is 5.13. The molecule has 0 aliphatic carbocycles. The number of nitrogens with two attached hydrogens (primary N) is 1. The van der Waals surface area contributed by atoms with E-state index in [1.54, 1.807) is 0 Å². The molecule has 1 atom stereocenters. The first-order chi connectivity index (χ1) is 5.87. The molecule has 0 radical (unpaired) electrons. The molecule has 0 saturated heterocycles. The first kappa shape index (κ1) is 12.6. The summed E-state index contributed by atoms with van der Waals surface area (Å²) in [5, 5.41) is 9.47. The minimum atomic E-state index is -0.841. The van der Waals surface area contributed by atoms with Gasteiger partial charge in [0.1, 0.15) is 6.54 Å². The maximum atomic E-state index is 11.3. The number of ketones is 1. The lowest BCUT2D eigenvalue weighted by atomic mass is 10.1. The van der Waals surface area contributed by atoms with Crippen molar-refractivity contribution < 1.29 is 14.4 Å². The number of nitrogens with zero attached hydrogens (tertiary/aromatic N) is 1.